The van der Waals surface area contributed by atoms with E-state index in [1.165, 1.54) is 0 Å². The Morgan fingerprint density at radius 3 is 2.23 bits per heavy atom. The van der Waals surface area contributed by atoms with E-state index in [9.17, 15) is 10.2 Å². The number of para-hydroxylation sites is 2. The Hall–Kier alpha value is -2.75. The van der Waals surface area contributed by atoms with Crippen LogP contribution in [0.5, 0.6) is 11.5 Å². The van der Waals surface area contributed by atoms with Crippen LogP contribution in [0.1, 0.15) is 17.5 Å². The summed E-state index contributed by atoms with van der Waals surface area (Å²) in [5.74, 6) is 0.516. The van der Waals surface area contributed by atoms with Gasteiger partial charge in [-0.15, -0.1) is 0 Å². The van der Waals surface area contributed by atoms with Crippen molar-refractivity contribution in [3.63, 3.8) is 0 Å². The lowest BCUT2D eigenvalue weighted by Crippen LogP contribution is -2.07. The summed E-state index contributed by atoms with van der Waals surface area (Å²) in [6.45, 7) is 1.48. The molecule has 0 bridgehead atoms. The Balaban J connectivity index is 1.66. The number of nitrogens with one attached hydrogen (secondary N) is 1. The summed E-state index contributed by atoms with van der Waals surface area (Å²) in [4.78, 5) is 4.28. The molecule has 0 radical (unpaired) electrons. The fraction of sp³-hybridized carbons (Fsp3) is 0.167. The number of nitrogens with zero attached hydrogens (tertiary/aromatic N) is 1. The Bertz CT molecular complexity index is 594. The topological polar surface area (TPSA) is 64.9 Å². The summed E-state index contributed by atoms with van der Waals surface area (Å²) in [6.07, 6.45) is 6.23. The average Bonchev–Trinajstić information content (AvgIpc) is 2.53. The van der Waals surface area contributed by atoms with E-state index in [-0.39, 0.29) is 11.5 Å². The van der Waals surface area contributed by atoms with Gasteiger partial charge in [0.2, 0.25) is 0 Å². The van der Waals surface area contributed by atoms with Gasteiger partial charge in [0, 0.05) is 30.4 Å². The SMILES string of the molecule is Oc1ccccc1C=NCCCN/C=C/c1ccccc1O. The first-order chi connectivity index (χ1) is 10.8. The third-order valence-corrected chi connectivity index (χ3v) is 3.09. The van der Waals surface area contributed by atoms with Gasteiger partial charge in [-0.2, -0.15) is 0 Å². The monoisotopic (exact) mass is 296 g/mol. The second kappa shape index (κ2) is 8.52. The quantitative estimate of drug-likeness (QED) is 0.543. The van der Waals surface area contributed by atoms with Gasteiger partial charge < -0.3 is 15.5 Å². The Kier molecular flexibility index (Phi) is 6.05. The van der Waals surface area contributed by atoms with Crippen LogP contribution in [0.3, 0.4) is 0 Å². The standard InChI is InChI=1S/C18H20N2O2/c21-17-8-3-1-6-15(17)10-13-19-11-5-12-20-14-16-7-2-4-9-18(16)22/h1-4,6-10,13-14,19,21-22H,5,11-12H2/b13-10+,20-14?. The predicted molar refractivity (Wildman–Crippen MR) is 90.3 cm³/mol. The molecule has 0 amide bonds. The van der Waals surface area contributed by atoms with Crippen molar-refractivity contribution in [3.05, 3.63) is 65.9 Å². The highest BCUT2D eigenvalue weighted by Crippen LogP contribution is 2.16. The molecule has 22 heavy (non-hydrogen) atoms. The van der Waals surface area contributed by atoms with Crippen LogP contribution in [0.2, 0.25) is 0 Å². The molecule has 0 saturated carbocycles. The highest BCUT2D eigenvalue weighted by Gasteiger charge is 1.94. The van der Waals surface area contributed by atoms with E-state index in [0.717, 1.165) is 24.1 Å². The third kappa shape index (κ3) is 4.98. The number of benzene rings is 2. The van der Waals surface area contributed by atoms with Crippen molar-refractivity contribution in [2.45, 2.75) is 6.42 Å². The van der Waals surface area contributed by atoms with E-state index in [0.29, 0.717) is 6.54 Å². The lowest BCUT2D eigenvalue weighted by atomic mass is 10.2. The highest BCUT2D eigenvalue weighted by molar-refractivity contribution is 5.83. The molecule has 0 aliphatic rings. The summed E-state index contributed by atoms with van der Waals surface area (Å²) in [5.41, 5.74) is 1.52. The van der Waals surface area contributed by atoms with E-state index in [1.54, 1.807) is 30.5 Å². The van der Waals surface area contributed by atoms with E-state index in [4.69, 9.17) is 0 Å². The number of phenols is 2. The third-order valence-electron chi connectivity index (χ3n) is 3.09. The molecule has 2 aromatic rings. The lowest BCUT2D eigenvalue weighted by molar-refractivity contribution is 0.473. The van der Waals surface area contributed by atoms with Gasteiger partial charge in [-0.3, -0.25) is 4.99 Å². The van der Waals surface area contributed by atoms with Crippen LogP contribution >= 0.6 is 0 Å². The molecular formula is C18H20N2O2. The minimum atomic E-state index is 0.245. The smallest absolute Gasteiger partial charge is 0.124 e. The fourth-order valence-electron chi connectivity index (χ4n) is 1.89. The van der Waals surface area contributed by atoms with Crippen molar-refractivity contribution >= 4 is 12.3 Å². The van der Waals surface area contributed by atoms with Gasteiger partial charge in [0.1, 0.15) is 11.5 Å². The maximum absolute atomic E-state index is 9.60. The minimum absolute atomic E-state index is 0.245. The zero-order valence-corrected chi connectivity index (χ0v) is 12.3. The molecule has 0 spiro atoms. The molecule has 0 aromatic heterocycles. The van der Waals surface area contributed by atoms with Crippen LogP contribution in [-0.2, 0) is 0 Å². The molecule has 0 atom stereocenters. The van der Waals surface area contributed by atoms with Crippen molar-refractivity contribution in [1.82, 2.24) is 5.32 Å². The molecule has 0 heterocycles. The molecule has 0 aliphatic carbocycles. The number of hydrogen-bond acceptors (Lipinski definition) is 4. The van der Waals surface area contributed by atoms with Gasteiger partial charge in [0.15, 0.2) is 0 Å². The zero-order valence-electron chi connectivity index (χ0n) is 12.3. The van der Waals surface area contributed by atoms with Gasteiger partial charge in [0.05, 0.1) is 0 Å². The zero-order chi connectivity index (χ0) is 15.6. The van der Waals surface area contributed by atoms with Crippen LogP contribution in [0.25, 0.3) is 6.08 Å². The molecule has 2 aromatic carbocycles. The fourth-order valence-corrected chi connectivity index (χ4v) is 1.89. The van der Waals surface area contributed by atoms with E-state index < -0.39 is 0 Å². The van der Waals surface area contributed by atoms with E-state index in [1.807, 2.05) is 36.5 Å². The highest BCUT2D eigenvalue weighted by atomic mass is 16.3. The van der Waals surface area contributed by atoms with Crippen LogP contribution in [0.15, 0.2) is 59.7 Å². The van der Waals surface area contributed by atoms with Crippen molar-refractivity contribution in [1.29, 1.82) is 0 Å². The van der Waals surface area contributed by atoms with Crippen LogP contribution in [0, 0.1) is 0 Å². The normalized spacial score (nSPS) is 11.3. The van der Waals surface area contributed by atoms with Crippen molar-refractivity contribution in [3.8, 4) is 11.5 Å². The first-order valence-electron chi connectivity index (χ1n) is 7.23. The van der Waals surface area contributed by atoms with Crippen molar-refractivity contribution in [2.75, 3.05) is 13.1 Å². The first-order valence-corrected chi connectivity index (χ1v) is 7.23. The molecule has 3 N–H and O–H groups in total. The number of aromatic hydroxyl groups is 2. The molecule has 0 unspecified atom stereocenters. The van der Waals surface area contributed by atoms with Gasteiger partial charge in [-0.1, -0.05) is 30.3 Å². The molecular weight excluding hydrogens is 276 g/mol. The number of phenolic OH excluding ortho intramolecular Hbond substituents is 2. The van der Waals surface area contributed by atoms with Gasteiger partial charge in [0.25, 0.3) is 0 Å². The van der Waals surface area contributed by atoms with Gasteiger partial charge in [-0.05, 0) is 36.9 Å². The average molecular weight is 296 g/mol. The Morgan fingerprint density at radius 2 is 1.55 bits per heavy atom. The Morgan fingerprint density at radius 1 is 0.909 bits per heavy atom. The summed E-state index contributed by atoms with van der Waals surface area (Å²) >= 11 is 0. The van der Waals surface area contributed by atoms with Gasteiger partial charge in [-0.25, -0.2) is 0 Å². The number of aliphatic imine (C=N–C) groups is 1. The molecule has 0 fully saturated rings. The number of rotatable bonds is 7. The molecule has 114 valence electrons. The summed E-state index contributed by atoms with van der Waals surface area (Å²) in [6, 6.07) is 14.3. The lowest BCUT2D eigenvalue weighted by Gasteiger charge is -2.00. The second-order valence-electron chi connectivity index (χ2n) is 4.79. The van der Waals surface area contributed by atoms with Crippen molar-refractivity contribution < 1.29 is 10.2 Å². The molecule has 2 rings (SSSR count). The summed E-state index contributed by atoms with van der Waals surface area (Å²) < 4.78 is 0. The maximum Gasteiger partial charge on any atom is 0.124 e. The van der Waals surface area contributed by atoms with Crippen LogP contribution < -0.4 is 5.32 Å². The van der Waals surface area contributed by atoms with E-state index >= 15 is 0 Å². The van der Waals surface area contributed by atoms with Crippen molar-refractivity contribution in [2.24, 2.45) is 4.99 Å². The minimum Gasteiger partial charge on any atom is -0.507 e. The molecule has 0 saturated heterocycles. The van der Waals surface area contributed by atoms with Crippen LogP contribution in [-0.4, -0.2) is 29.5 Å². The van der Waals surface area contributed by atoms with Crippen LogP contribution in [0.4, 0.5) is 0 Å². The number of hydrogen-bond donors (Lipinski definition) is 3. The molecule has 4 heteroatoms. The predicted octanol–water partition coefficient (Wildman–Crippen LogP) is 3.17. The maximum atomic E-state index is 9.60. The molecule has 0 aliphatic heterocycles. The first kappa shape index (κ1) is 15.6. The largest absolute Gasteiger partial charge is 0.507 e. The van der Waals surface area contributed by atoms with E-state index in [2.05, 4.69) is 10.3 Å². The Labute approximate surface area is 130 Å². The summed E-state index contributed by atoms with van der Waals surface area (Å²) in [5, 5.41) is 22.3. The van der Waals surface area contributed by atoms with Gasteiger partial charge >= 0.3 is 0 Å². The summed E-state index contributed by atoms with van der Waals surface area (Å²) in [7, 11) is 0. The molecule has 4 nitrogen and oxygen atoms in total. The second-order valence-corrected chi connectivity index (χ2v) is 4.79.